The van der Waals surface area contributed by atoms with E-state index >= 15 is 0 Å². The van der Waals surface area contributed by atoms with Gasteiger partial charge in [0.15, 0.2) is 5.82 Å². The molecule has 2 rings (SSSR count). The number of anilines is 1. The second-order valence-electron chi connectivity index (χ2n) is 3.38. The van der Waals surface area contributed by atoms with Crippen molar-refractivity contribution in [3.63, 3.8) is 0 Å². The van der Waals surface area contributed by atoms with Crippen molar-refractivity contribution in [2.24, 2.45) is 0 Å². The summed E-state index contributed by atoms with van der Waals surface area (Å²) in [7, 11) is 0. The zero-order valence-corrected chi connectivity index (χ0v) is 9.69. The highest BCUT2D eigenvalue weighted by molar-refractivity contribution is 6.17. The van der Waals surface area contributed by atoms with Crippen LogP contribution in [0.3, 0.4) is 0 Å². The number of nitrogens with one attached hydrogen (secondary N) is 1. The average Bonchev–Trinajstić information content (AvgIpc) is 2.40. The Labute approximate surface area is 104 Å². The fourth-order valence-corrected chi connectivity index (χ4v) is 1.51. The van der Waals surface area contributed by atoms with Crippen LogP contribution >= 0.6 is 11.6 Å². The standard InChI is InChI=1S/C12H10ClN3O/c13-7-9-2-1-3-10(6-9)12(17)16-11-8-14-4-5-15-11/h1-6,8H,7H2,(H,15,16,17). The Hall–Kier alpha value is -1.94. The fraction of sp³-hybridized carbons (Fsp3) is 0.0833. The van der Waals surface area contributed by atoms with E-state index in [4.69, 9.17) is 11.6 Å². The molecule has 1 N–H and O–H groups in total. The molecule has 0 aliphatic heterocycles. The van der Waals surface area contributed by atoms with Crippen molar-refractivity contribution in [2.45, 2.75) is 5.88 Å². The minimum absolute atomic E-state index is 0.225. The van der Waals surface area contributed by atoms with Crippen LogP contribution in [0, 0.1) is 0 Å². The molecule has 1 heterocycles. The van der Waals surface area contributed by atoms with Gasteiger partial charge in [-0.2, -0.15) is 0 Å². The summed E-state index contributed by atoms with van der Waals surface area (Å²) in [6.45, 7) is 0. The molecule has 0 spiro atoms. The molecule has 0 fully saturated rings. The molecule has 0 bridgehead atoms. The monoisotopic (exact) mass is 247 g/mol. The average molecular weight is 248 g/mol. The Morgan fingerprint density at radius 1 is 1.35 bits per heavy atom. The van der Waals surface area contributed by atoms with E-state index in [0.717, 1.165) is 5.56 Å². The summed E-state index contributed by atoms with van der Waals surface area (Å²) in [5.41, 5.74) is 1.45. The molecule has 5 heteroatoms. The summed E-state index contributed by atoms with van der Waals surface area (Å²) < 4.78 is 0. The van der Waals surface area contributed by atoms with Gasteiger partial charge in [-0.25, -0.2) is 4.98 Å². The quantitative estimate of drug-likeness (QED) is 0.848. The van der Waals surface area contributed by atoms with Gasteiger partial charge in [0, 0.05) is 23.8 Å². The Kier molecular flexibility index (Phi) is 3.67. The SMILES string of the molecule is O=C(Nc1cnccn1)c1cccc(CCl)c1. The highest BCUT2D eigenvalue weighted by Gasteiger charge is 2.06. The lowest BCUT2D eigenvalue weighted by Crippen LogP contribution is -2.13. The van der Waals surface area contributed by atoms with Gasteiger partial charge in [0.1, 0.15) is 0 Å². The van der Waals surface area contributed by atoms with Crippen LogP contribution in [0.1, 0.15) is 15.9 Å². The number of carbonyl (C=O) groups excluding carboxylic acids is 1. The molecule has 0 saturated carbocycles. The topological polar surface area (TPSA) is 54.9 Å². The summed E-state index contributed by atoms with van der Waals surface area (Å²) >= 11 is 5.71. The lowest BCUT2D eigenvalue weighted by Gasteiger charge is -2.04. The largest absolute Gasteiger partial charge is 0.305 e. The minimum Gasteiger partial charge on any atom is -0.305 e. The first-order valence-corrected chi connectivity index (χ1v) is 5.55. The molecule has 0 unspecified atom stereocenters. The second kappa shape index (κ2) is 5.41. The van der Waals surface area contributed by atoms with Crippen LogP contribution in [-0.4, -0.2) is 15.9 Å². The van der Waals surface area contributed by atoms with E-state index < -0.39 is 0 Å². The number of carbonyl (C=O) groups is 1. The number of alkyl halides is 1. The molecule has 1 amide bonds. The first kappa shape index (κ1) is 11.5. The maximum Gasteiger partial charge on any atom is 0.256 e. The van der Waals surface area contributed by atoms with E-state index in [1.807, 2.05) is 6.07 Å². The Morgan fingerprint density at radius 2 is 2.24 bits per heavy atom. The zero-order valence-electron chi connectivity index (χ0n) is 8.93. The second-order valence-corrected chi connectivity index (χ2v) is 3.65. The van der Waals surface area contributed by atoms with E-state index in [0.29, 0.717) is 17.3 Å². The molecule has 0 aliphatic carbocycles. The lowest BCUT2D eigenvalue weighted by molar-refractivity contribution is 0.102. The van der Waals surface area contributed by atoms with Gasteiger partial charge in [-0.3, -0.25) is 9.78 Å². The molecule has 86 valence electrons. The molecular weight excluding hydrogens is 238 g/mol. The Bertz CT molecular complexity index is 516. The van der Waals surface area contributed by atoms with Gasteiger partial charge in [-0.15, -0.1) is 11.6 Å². The first-order valence-electron chi connectivity index (χ1n) is 5.02. The van der Waals surface area contributed by atoms with Gasteiger partial charge >= 0.3 is 0 Å². The van der Waals surface area contributed by atoms with Gasteiger partial charge in [0.05, 0.1) is 6.20 Å². The van der Waals surface area contributed by atoms with E-state index in [1.54, 1.807) is 24.4 Å². The number of hydrogen-bond donors (Lipinski definition) is 1. The van der Waals surface area contributed by atoms with Gasteiger partial charge in [0.25, 0.3) is 5.91 Å². The van der Waals surface area contributed by atoms with E-state index in [1.165, 1.54) is 12.4 Å². The van der Waals surface area contributed by atoms with Gasteiger partial charge < -0.3 is 5.32 Å². The predicted octanol–water partition coefficient (Wildman–Crippen LogP) is 2.47. The highest BCUT2D eigenvalue weighted by atomic mass is 35.5. The third kappa shape index (κ3) is 3.01. The summed E-state index contributed by atoms with van der Waals surface area (Å²) in [6.07, 6.45) is 4.55. The van der Waals surface area contributed by atoms with Crippen molar-refractivity contribution in [2.75, 3.05) is 5.32 Å². The number of nitrogens with zero attached hydrogens (tertiary/aromatic N) is 2. The molecular formula is C12H10ClN3O. The molecule has 0 atom stereocenters. The number of benzene rings is 1. The van der Waals surface area contributed by atoms with E-state index in [2.05, 4.69) is 15.3 Å². The third-order valence-electron chi connectivity index (χ3n) is 2.15. The lowest BCUT2D eigenvalue weighted by atomic mass is 10.1. The van der Waals surface area contributed by atoms with Crippen LogP contribution in [0.4, 0.5) is 5.82 Å². The predicted molar refractivity (Wildman–Crippen MR) is 66.0 cm³/mol. The molecule has 2 aromatic rings. The van der Waals surface area contributed by atoms with Crippen LogP contribution in [-0.2, 0) is 5.88 Å². The minimum atomic E-state index is -0.225. The summed E-state index contributed by atoms with van der Waals surface area (Å²) in [5.74, 6) is 0.581. The first-order chi connectivity index (χ1) is 8.29. The van der Waals surface area contributed by atoms with Crippen LogP contribution in [0.2, 0.25) is 0 Å². The summed E-state index contributed by atoms with van der Waals surface area (Å²) in [5, 5.41) is 2.65. The molecule has 1 aromatic carbocycles. The van der Waals surface area contributed by atoms with Crippen LogP contribution in [0.25, 0.3) is 0 Å². The van der Waals surface area contributed by atoms with Crippen LogP contribution < -0.4 is 5.32 Å². The molecule has 1 aromatic heterocycles. The maximum atomic E-state index is 11.9. The maximum absolute atomic E-state index is 11.9. The van der Waals surface area contributed by atoms with Crippen molar-refractivity contribution in [1.82, 2.24) is 9.97 Å². The number of hydrogen-bond acceptors (Lipinski definition) is 3. The Morgan fingerprint density at radius 3 is 2.94 bits per heavy atom. The molecule has 0 saturated heterocycles. The van der Waals surface area contributed by atoms with Crippen LogP contribution in [0.15, 0.2) is 42.9 Å². The normalized spacial score (nSPS) is 9.94. The van der Waals surface area contributed by atoms with Crippen molar-refractivity contribution in [3.8, 4) is 0 Å². The van der Waals surface area contributed by atoms with Gasteiger partial charge in [-0.05, 0) is 17.7 Å². The van der Waals surface area contributed by atoms with Crippen molar-refractivity contribution in [3.05, 3.63) is 54.0 Å². The van der Waals surface area contributed by atoms with Crippen molar-refractivity contribution < 1.29 is 4.79 Å². The third-order valence-corrected chi connectivity index (χ3v) is 2.46. The smallest absolute Gasteiger partial charge is 0.256 e. The number of halogens is 1. The zero-order chi connectivity index (χ0) is 12.1. The molecule has 0 aliphatic rings. The molecule has 4 nitrogen and oxygen atoms in total. The van der Waals surface area contributed by atoms with Crippen molar-refractivity contribution >= 4 is 23.3 Å². The summed E-state index contributed by atoms with van der Waals surface area (Å²) in [6, 6.07) is 7.13. The fourth-order valence-electron chi connectivity index (χ4n) is 1.35. The van der Waals surface area contributed by atoms with Gasteiger partial charge in [-0.1, -0.05) is 12.1 Å². The van der Waals surface area contributed by atoms with E-state index in [9.17, 15) is 4.79 Å². The van der Waals surface area contributed by atoms with E-state index in [-0.39, 0.29) is 5.91 Å². The summed E-state index contributed by atoms with van der Waals surface area (Å²) in [4.78, 5) is 19.7. The van der Waals surface area contributed by atoms with Crippen LogP contribution in [0.5, 0.6) is 0 Å². The Balaban J connectivity index is 2.14. The molecule has 0 radical (unpaired) electrons. The number of amides is 1. The highest BCUT2D eigenvalue weighted by Crippen LogP contribution is 2.09. The number of aromatic nitrogens is 2. The molecule has 17 heavy (non-hydrogen) atoms. The van der Waals surface area contributed by atoms with Gasteiger partial charge in [0.2, 0.25) is 0 Å². The van der Waals surface area contributed by atoms with Crippen molar-refractivity contribution in [1.29, 1.82) is 0 Å². The number of rotatable bonds is 3.